The van der Waals surface area contributed by atoms with Crippen molar-refractivity contribution >= 4 is 0 Å². The van der Waals surface area contributed by atoms with Crippen LogP contribution in [0, 0.1) is 0 Å². The van der Waals surface area contributed by atoms with Crippen LogP contribution < -0.4 is 5.73 Å². The van der Waals surface area contributed by atoms with Crippen LogP contribution in [0.4, 0.5) is 0 Å². The minimum Gasteiger partial charge on any atom is -0.507 e. The highest BCUT2D eigenvalue weighted by Crippen LogP contribution is 2.50. The van der Waals surface area contributed by atoms with Gasteiger partial charge in [0.05, 0.1) is 0 Å². The lowest BCUT2D eigenvalue weighted by Crippen LogP contribution is -2.42. The van der Waals surface area contributed by atoms with Crippen LogP contribution in [-0.2, 0) is 5.41 Å². The van der Waals surface area contributed by atoms with Crippen molar-refractivity contribution in [1.29, 1.82) is 0 Å². The summed E-state index contributed by atoms with van der Waals surface area (Å²) < 4.78 is 0. The first-order chi connectivity index (χ1) is 8.93. The van der Waals surface area contributed by atoms with Gasteiger partial charge in [-0.25, -0.2) is 0 Å². The van der Waals surface area contributed by atoms with Crippen LogP contribution in [0.25, 0.3) is 0 Å². The Hall–Kier alpha value is -1.02. The molecule has 1 aliphatic carbocycles. The molecule has 0 amide bonds. The first kappa shape index (κ1) is 14.4. The molecule has 0 bridgehead atoms. The molecule has 0 unspecified atom stereocenters. The van der Waals surface area contributed by atoms with Crippen LogP contribution in [0.3, 0.4) is 0 Å². The molecule has 0 aromatic heterocycles. The van der Waals surface area contributed by atoms with Crippen LogP contribution in [0.1, 0.15) is 75.5 Å². The Morgan fingerprint density at radius 1 is 1.11 bits per heavy atom. The molecule has 1 saturated carbocycles. The van der Waals surface area contributed by atoms with Crippen molar-refractivity contribution in [2.45, 2.75) is 64.2 Å². The Morgan fingerprint density at radius 3 is 2.00 bits per heavy atom. The summed E-state index contributed by atoms with van der Waals surface area (Å²) in [5.41, 5.74) is 9.54. The van der Waals surface area contributed by atoms with E-state index in [-0.39, 0.29) is 5.41 Å². The van der Waals surface area contributed by atoms with Gasteiger partial charge in [0.25, 0.3) is 0 Å². The Morgan fingerprint density at radius 2 is 1.63 bits per heavy atom. The topological polar surface area (TPSA) is 46.2 Å². The lowest BCUT2D eigenvalue weighted by molar-refractivity contribution is 0.242. The normalized spacial score (nSPS) is 17.8. The number of phenolic OH excluding ortho intramolecular Hbond substituents is 1. The fourth-order valence-electron chi connectivity index (χ4n) is 3.29. The summed E-state index contributed by atoms with van der Waals surface area (Å²) in [6, 6.07) is 4.28. The van der Waals surface area contributed by atoms with Gasteiger partial charge in [0.2, 0.25) is 0 Å². The third-order valence-electron chi connectivity index (χ3n) is 4.72. The predicted molar refractivity (Wildman–Crippen MR) is 80.9 cm³/mol. The van der Waals surface area contributed by atoms with Gasteiger partial charge >= 0.3 is 0 Å². The molecule has 2 rings (SSSR count). The highest BCUT2D eigenvalue weighted by molar-refractivity contribution is 5.53. The quantitative estimate of drug-likeness (QED) is 0.860. The molecule has 1 aliphatic rings. The molecule has 106 valence electrons. The maximum absolute atomic E-state index is 10.8. The number of nitrogens with two attached hydrogens (primary N) is 1. The van der Waals surface area contributed by atoms with Crippen molar-refractivity contribution in [3.8, 4) is 5.75 Å². The summed E-state index contributed by atoms with van der Waals surface area (Å²) in [6.07, 6.45) is 3.44. The van der Waals surface area contributed by atoms with Gasteiger partial charge < -0.3 is 10.8 Å². The van der Waals surface area contributed by atoms with Crippen molar-refractivity contribution in [2.75, 3.05) is 6.54 Å². The summed E-state index contributed by atoms with van der Waals surface area (Å²) in [6.45, 7) is 9.28. The highest BCUT2D eigenvalue weighted by Gasteiger charge is 2.41. The number of hydrogen-bond acceptors (Lipinski definition) is 2. The summed E-state index contributed by atoms with van der Waals surface area (Å²) in [7, 11) is 0. The SMILES string of the molecule is CC(C)c1ccc(C(C)C)c(C2(CN)CCC2)c1O. The van der Waals surface area contributed by atoms with Gasteiger partial charge in [-0.2, -0.15) is 0 Å². The number of aromatic hydroxyl groups is 1. The van der Waals surface area contributed by atoms with E-state index in [0.717, 1.165) is 24.0 Å². The molecule has 0 saturated heterocycles. The number of phenols is 1. The molecular weight excluding hydrogens is 234 g/mol. The van der Waals surface area contributed by atoms with Crippen molar-refractivity contribution in [3.63, 3.8) is 0 Å². The highest BCUT2D eigenvalue weighted by atomic mass is 16.3. The summed E-state index contributed by atoms with van der Waals surface area (Å²) in [5, 5.41) is 10.8. The molecule has 0 radical (unpaired) electrons. The molecular formula is C17H27NO. The van der Waals surface area contributed by atoms with Crippen molar-refractivity contribution in [3.05, 3.63) is 28.8 Å². The third kappa shape index (κ3) is 2.27. The zero-order valence-electron chi connectivity index (χ0n) is 12.7. The summed E-state index contributed by atoms with van der Waals surface area (Å²) >= 11 is 0. The van der Waals surface area contributed by atoms with E-state index in [0.29, 0.717) is 24.1 Å². The summed E-state index contributed by atoms with van der Waals surface area (Å²) in [5.74, 6) is 1.27. The largest absolute Gasteiger partial charge is 0.507 e. The Labute approximate surface area is 117 Å². The van der Waals surface area contributed by atoms with E-state index >= 15 is 0 Å². The van der Waals surface area contributed by atoms with Gasteiger partial charge in [-0.05, 0) is 35.8 Å². The molecule has 0 heterocycles. The molecule has 3 N–H and O–H groups in total. The molecule has 0 spiro atoms. The van der Waals surface area contributed by atoms with Gasteiger partial charge in [-0.15, -0.1) is 0 Å². The maximum Gasteiger partial charge on any atom is 0.123 e. The van der Waals surface area contributed by atoms with Gasteiger partial charge in [0.1, 0.15) is 5.75 Å². The van der Waals surface area contributed by atoms with Gasteiger partial charge in [-0.3, -0.25) is 0 Å². The van der Waals surface area contributed by atoms with E-state index in [4.69, 9.17) is 5.73 Å². The fraction of sp³-hybridized carbons (Fsp3) is 0.647. The van der Waals surface area contributed by atoms with Crippen LogP contribution in [-0.4, -0.2) is 11.7 Å². The van der Waals surface area contributed by atoms with Gasteiger partial charge in [0, 0.05) is 17.5 Å². The van der Waals surface area contributed by atoms with Crippen molar-refractivity contribution < 1.29 is 5.11 Å². The van der Waals surface area contributed by atoms with E-state index in [2.05, 4.69) is 39.8 Å². The minimum absolute atomic E-state index is 0.0224. The van der Waals surface area contributed by atoms with Crippen LogP contribution in [0.5, 0.6) is 5.75 Å². The lowest BCUT2D eigenvalue weighted by Gasteiger charge is -2.44. The zero-order chi connectivity index (χ0) is 14.2. The average Bonchev–Trinajstić information content (AvgIpc) is 2.29. The number of benzene rings is 1. The molecule has 1 aromatic rings. The van der Waals surface area contributed by atoms with E-state index in [1.807, 2.05) is 0 Å². The molecule has 2 nitrogen and oxygen atoms in total. The zero-order valence-corrected chi connectivity index (χ0v) is 12.7. The van der Waals surface area contributed by atoms with E-state index in [9.17, 15) is 5.11 Å². The van der Waals surface area contributed by atoms with Crippen molar-refractivity contribution in [2.24, 2.45) is 5.73 Å². The Kier molecular flexibility index (Phi) is 3.91. The maximum atomic E-state index is 10.8. The van der Waals surface area contributed by atoms with E-state index in [1.165, 1.54) is 12.0 Å². The monoisotopic (exact) mass is 261 g/mol. The smallest absolute Gasteiger partial charge is 0.123 e. The van der Waals surface area contributed by atoms with Gasteiger partial charge in [-0.1, -0.05) is 46.2 Å². The standard InChI is InChI=1S/C17H27NO/c1-11(2)13-6-7-14(12(3)4)16(19)15(13)17(10-18)8-5-9-17/h6-7,11-12,19H,5,8-10,18H2,1-4H3. The number of hydrogen-bond donors (Lipinski definition) is 2. The Bertz CT molecular complexity index is 453. The predicted octanol–water partition coefficient (Wildman–Crippen LogP) is 4.02. The molecule has 1 aromatic carbocycles. The fourth-order valence-corrected chi connectivity index (χ4v) is 3.29. The van der Waals surface area contributed by atoms with Crippen LogP contribution in [0.15, 0.2) is 12.1 Å². The molecule has 1 fully saturated rings. The minimum atomic E-state index is 0.0224. The van der Waals surface area contributed by atoms with Crippen LogP contribution in [0.2, 0.25) is 0 Å². The number of rotatable bonds is 4. The lowest BCUT2D eigenvalue weighted by atomic mass is 9.62. The molecule has 0 aliphatic heterocycles. The average molecular weight is 261 g/mol. The third-order valence-corrected chi connectivity index (χ3v) is 4.72. The summed E-state index contributed by atoms with van der Waals surface area (Å²) in [4.78, 5) is 0. The second-order valence-corrected chi connectivity index (χ2v) is 6.62. The first-order valence-electron chi connectivity index (χ1n) is 7.49. The molecule has 2 heteroatoms. The van der Waals surface area contributed by atoms with Crippen molar-refractivity contribution in [1.82, 2.24) is 0 Å². The second kappa shape index (κ2) is 5.16. The molecule has 19 heavy (non-hydrogen) atoms. The molecule has 0 atom stereocenters. The van der Waals surface area contributed by atoms with E-state index in [1.54, 1.807) is 0 Å². The van der Waals surface area contributed by atoms with Gasteiger partial charge in [0.15, 0.2) is 0 Å². The van der Waals surface area contributed by atoms with Crippen LogP contribution >= 0.6 is 0 Å². The van der Waals surface area contributed by atoms with E-state index < -0.39 is 0 Å². The Balaban J connectivity index is 2.63. The second-order valence-electron chi connectivity index (χ2n) is 6.62. The first-order valence-corrected chi connectivity index (χ1v) is 7.49.